The minimum atomic E-state index is -0.0602. The van der Waals surface area contributed by atoms with Gasteiger partial charge in [0.1, 0.15) is 23.0 Å². The lowest BCUT2D eigenvalue weighted by Gasteiger charge is -2.22. The highest BCUT2D eigenvalue weighted by molar-refractivity contribution is 5.91. The average Bonchev–Trinajstić information content (AvgIpc) is 3.09. The van der Waals surface area contributed by atoms with Crippen LogP contribution < -0.4 is 0 Å². The first-order valence-corrected chi connectivity index (χ1v) is 7.67. The van der Waals surface area contributed by atoms with Crippen LogP contribution in [0.1, 0.15) is 23.0 Å². The molecule has 0 fully saturated rings. The predicted molar refractivity (Wildman–Crippen MR) is 89.9 cm³/mol. The Morgan fingerprint density at radius 2 is 1.74 bits per heavy atom. The highest BCUT2D eigenvalue weighted by Crippen LogP contribution is 2.12. The monoisotopic (exact) mass is 316 g/mol. The van der Waals surface area contributed by atoms with E-state index in [0.29, 0.717) is 18.8 Å². The Kier molecular flexibility index (Phi) is 5.82. The van der Waals surface area contributed by atoms with Gasteiger partial charge in [-0.3, -0.25) is 4.79 Å². The topological polar surface area (TPSA) is 49.8 Å². The Hall–Kier alpha value is -2.27. The van der Waals surface area contributed by atoms with Gasteiger partial charge >= 0.3 is 0 Å². The lowest BCUT2D eigenvalue weighted by Crippen LogP contribution is -2.35. The summed E-state index contributed by atoms with van der Waals surface area (Å²) >= 11 is 0. The van der Waals surface area contributed by atoms with Gasteiger partial charge in [0.25, 0.3) is 0 Å². The molecule has 0 atom stereocenters. The van der Waals surface area contributed by atoms with Gasteiger partial charge < -0.3 is 18.6 Å². The number of carbonyl (C=O) groups is 1. The van der Waals surface area contributed by atoms with Crippen molar-refractivity contribution >= 4 is 12.0 Å². The normalized spacial score (nSPS) is 11.5. The molecule has 0 bridgehead atoms. The van der Waals surface area contributed by atoms with Crippen LogP contribution in [0.5, 0.6) is 0 Å². The number of carbonyl (C=O) groups excluding carboxylic acids is 1. The highest BCUT2D eigenvalue weighted by atomic mass is 16.3. The molecule has 1 amide bonds. The summed E-state index contributed by atoms with van der Waals surface area (Å²) in [6.45, 7) is 5.66. The van der Waals surface area contributed by atoms with E-state index in [2.05, 4.69) is 0 Å². The van der Waals surface area contributed by atoms with Crippen LogP contribution in [0.4, 0.5) is 0 Å². The van der Waals surface area contributed by atoms with Crippen molar-refractivity contribution in [3.05, 3.63) is 53.4 Å². The number of nitrogens with zero attached hydrogens (tertiary/aromatic N) is 2. The van der Waals surface area contributed by atoms with Gasteiger partial charge in [-0.25, -0.2) is 0 Å². The lowest BCUT2D eigenvalue weighted by molar-refractivity contribution is -0.127. The molecular weight excluding hydrogens is 292 g/mol. The van der Waals surface area contributed by atoms with Crippen molar-refractivity contribution in [2.45, 2.75) is 20.4 Å². The third-order valence-corrected chi connectivity index (χ3v) is 3.42. The second-order valence-electron chi connectivity index (χ2n) is 5.86. The second kappa shape index (κ2) is 7.83. The first kappa shape index (κ1) is 17.1. The van der Waals surface area contributed by atoms with Crippen LogP contribution in [0.3, 0.4) is 0 Å². The Morgan fingerprint density at radius 3 is 2.30 bits per heavy atom. The third kappa shape index (κ3) is 5.45. The van der Waals surface area contributed by atoms with E-state index in [1.165, 1.54) is 0 Å². The van der Waals surface area contributed by atoms with Crippen molar-refractivity contribution in [3.8, 4) is 0 Å². The number of likely N-dealkylation sites (N-methyl/N-ethyl adjacent to an activating group) is 1. The number of aryl methyl sites for hydroxylation is 2. The molecule has 0 aromatic carbocycles. The summed E-state index contributed by atoms with van der Waals surface area (Å²) in [4.78, 5) is 16.3. The Balaban J connectivity index is 2.05. The first-order valence-electron chi connectivity index (χ1n) is 7.67. The molecule has 2 heterocycles. The zero-order valence-electron chi connectivity index (χ0n) is 14.2. The highest BCUT2D eigenvalue weighted by Gasteiger charge is 2.14. The molecule has 0 saturated heterocycles. The van der Waals surface area contributed by atoms with E-state index in [4.69, 9.17) is 8.83 Å². The van der Waals surface area contributed by atoms with E-state index in [9.17, 15) is 4.79 Å². The van der Waals surface area contributed by atoms with E-state index in [1.807, 2.05) is 57.1 Å². The first-order chi connectivity index (χ1) is 10.9. The maximum atomic E-state index is 12.5. The zero-order valence-corrected chi connectivity index (χ0v) is 14.2. The molecule has 0 N–H and O–H groups in total. The Bertz CT molecular complexity index is 667. The summed E-state index contributed by atoms with van der Waals surface area (Å²) in [5.41, 5.74) is 0. The molecule has 0 aliphatic rings. The van der Waals surface area contributed by atoms with Crippen molar-refractivity contribution in [2.24, 2.45) is 0 Å². The molecule has 0 saturated carbocycles. The maximum absolute atomic E-state index is 12.5. The van der Waals surface area contributed by atoms with Gasteiger partial charge in [-0.2, -0.15) is 0 Å². The second-order valence-corrected chi connectivity index (χ2v) is 5.86. The summed E-state index contributed by atoms with van der Waals surface area (Å²) in [7, 11) is 3.97. The van der Waals surface area contributed by atoms with Gasteiger partial charge in [0, 0.05) is 19.2 Å². The quantitative estimate of drug-likeness (QED) is 0.737. The van der Waals surface area contributed by atoms with E-state index < -0.39 is 0 Å². The van der Waals surface area contributed by atoms with E-state index >= 15 is 0 Å². The van der Waals surface area contributed by atoms with Crippen molar-refractivity contribution in [1.29, 1.82) is 0 Å². The van der Waals surface area contributed by atoms with Crippen LogP contribution in [0, 0.1) is 13.8 Å². The van der Waals surface area contributed by atoms with Crippen molar-refractivity contribution in [3.63, 3.8) is 0 Å². The summed E-state index contributed by atoms with van der Waals surface area (Å²) in [5.74, 6) is 3.08. The minimum Gasteiger partial charge on any atom is -0.464 e. The van der Waals surface area contributed by atoms with Gasteiger partial charge in [0.15, 0.2) is 0 Å². The van der Waals surface area contributed by atoms with Crippen LogP contribution in [-0.2, 0) is 11.3 Å². The Morgan fingerprint density at radius 1 is 1.04 bits per heavy atom. The molecule has 124 valence electrons. The largest absolute Gasteiger partial charge is 0.464 e. The molecule has 0 aliphatic heterocycles. The fourth-order valence-electron chi connectivity index (χ4n) is 2.15. The molecule has 0 radical (unpaired) electrons. The molecule has 0 unspecified atom stereocenters. The number of rotatable bonds is 7. The summed E-state index contributed by atoms with van der Waals surface area (Å²) in [5, 5.41) is 0. The molecular formula is C18H24N2O3. The van der Waals surface area contributed by atoms with E-state index in [-0.39, 0.29) is 5.91 Å². The molecule has 2 rings (SSSR count). The van der Waals surface area contributed by atoms with Gasteiger partial charge in [-0.05, 0) is 58.3 Å². The number of amides is 1. The molecule has 5 heteroatoms. The van der Waals surface area contributed by atoms with Crippen LogP contribution in [-0.4, -0.2) is 42.9 Å². The summed E-state index contributed by atoms with van der Waals surface area (Å²) < 4.78 is 11.0. The fourth-order valence-corrected chi connectivity index (χ4v) is 2.15. The minimum absolute atomic E-state index is 0.0602. The van der Waals surface area contributed by atoms with Crippen LogP contribution in [0.15, 0.2) is 39.2 Å². The average molecular weight is 316 g/mol. The van der Waals surface area contributed by atoms with Gasteiger partial charge in [-0.15, -0.1) is 0 Å². The molecule has 2 aromatic heterocycles. The van der Waals surface area contributed by atoms with Gasteiger partial charge in [-0.1, -0.05) is 0 Å². The summed E-state index contributed by atoms with van der Waals surface area (Å²) in [6.07, 6.45) is 3.25. The predicted octanol–water partition coefficient (Wildman–Crippen LogP) is 3.09. The van der Waals surface area contributed by atoms with Gasteiger partial charge in [0.05, 0.1) is 6.54 Å². The summed E-state index contributed by atoms with van der Waals surface area (Å²) in [6, 6.07) is 7.54. The number of furan rings is 2. The molecule has 0 aliphatic carbocycles. The molecule has 0 spiro atoms. The zero-order chi connectivity index (χ0) is 16.8. The Labute approximate surface area is 137 Å². The number of hydrogen-bond acceptors (Lipinski definition) is 4. The number of hydrogen-bond donors (Lipinski definition) is 0. The van der Waals surface area contributed by atoms with Crippen molar-refractivity contribution in [1.82, 2.24) is 9.80 Å². The third-order valence-electron chi connectivity index (χ3n) is 3.42. The fraction of sp³-hybridized carbons (Fsp3) is 0.389. The smallest absolute Gasteiger partial charge is 0.247 e. The lowest BCUT2D eigenvalue weighted by atomic mass is 10.3. The van der Waals surface area contributed by atoms with E-state index in [1.54, 1.807) is 17.1 Å². The molecule has 2 aromatic rings. The maximum Gasteiger partial charge on any atom is 0.247 e. The standard InChI is InChI=1S/C18H24N2O3/c1-14-5-7-16(22-14)9-10-18(21)20(12-11-19(3)4)13-17-8-6-15(2)23-17/h5-10H,11-13H2,1-4H3. The van der Waals surface area contributed by atoms with Gasteiger partial charge in [0.2, 0.25) is 5.91 Å². The molecule has 23 heavy (non-hydrogen) atoms. The van der Waals surface area contributed by atoms with Crippen LogP contribution >= 0.6 is 0 Å². The van der Waals surface area contributed by atoms with Crippen LogP contribution in [0.2, 0.25) is 0 Å². The molecule has 5 nitrogen and oxygen atoms in total. The van der Waals surface area contributed by atoms with E-state index in [0.717, 1.165) is 23.8 Å². The van der Waals surface area contributed by atoms with Crippen molar-refractivity contribution < 1.29 is 13.6 Å². The SMILES string of the molecule is Cc1ccc(C=CC(=O)N(CCN(C)C)Cc2ccc(C)o2)o1. The van der Waals surface area contributed by atoms with Crippen LogP contribution in [0.25, 0.3) is 6.08 Å². The van der Waals surface area contributed by atoms with Crippen molar-refractivity contribution in [2.75, 3.05) is 27.2 Å².